The molecule has 1 aromatic rings. The van der Waals surface area contributed by atoms with E-state index >= 15 is 0 Å². The summed E-state index contributed by atoms with van der Waals surface area (Å²) in [6.07, 6.45) is 0. The third kappa shape index (κ3) is 3.27. The first-order valence-electron chi connectivity index (χ1n) is 4.94. The number of nitrogens with zero attached hydrogens (tertiary/aromatic N) is 1. The summed E-state index contributed by atoms with van der Waals surface area (Å²) in [5.74, 6) is 0. The molecule has 0 bridgehead atoms. The summed E-state index contributed by atoms with van der Waals surface area (Å²) in [7, 11) is 1.59. The topological polar surface area (TPSA) is 69.8 Å². The Kier molecular flexibility index (Phi) is 3.34. The quantitative estimate of drug-likeness (QED) is 0.685. The molecule has 0 spiro atoms. The first kappa shape index (κ1) is 11.6. The summed E-state index contributed by atoms with van der Waals surface area (Å²) in [4.78, 5) is 10.9. The zero-order valence-electron chi connectivity index (χ0n) is 9.64. The van der Waals surface area contributed by atoms with Crippen molar-refractivity contribution in [2.24, 2.45) is 0 Å². The van der Waals surface area contributed by atoms with Crippen molar-refractivity contribution in [2.45, 2.75) is 32.7 Å². The fourth-order valence-electron chi connectivity index (χ4n) is 1.10. The molecule has 3 N–H and O–H groups in total. The molecule has 0 aliphatic carbocycles. The van der Waals surface area contributed by atoms with E-state index < -0.39 is 0 Å². The van der Waals surface area contributed by atoms with Gasteiger partial charge in [-0.1, -0.05) is 20.8 Å². The molecular weight excluding hydrogens is 192 g/mol. The average Bonchev–Trinajstić information content (AvgIpc) is 2.61. The van der Waals surface area contributed by atoms with Crippen LogP contribution in [0.5, 0.6) is 0 Å². The van der Waals surface area contributed by atoms with Crippen LogP contribution in [0.1, 0.15) is 32.2 Å². The van der Waals surface area contributed by atoms with E-state index in [0.29, 0.717) is 6.54 Å². The van der Waals surface area contributed by atoms with E-state index in [1.54, 1.807) is 7.05 Å². The number of aromatic amines is 1. The second-order valence-electron chi connectivity index (χ2n) is 4.46. The minimum absolute atomic E-state index is 0.0295. The van der Waals surface area contributed by atoms with Gasteiger partial charge in [-0.05, 0) is 6.07 Å². The third-order valence-electron chi connectivity index (χ3n) is 2.07. The molecule has 1 aromatic heterocycles. The van der Waals surface area contributed by atoms with Crippen molar-refractivity contribution in [1.29, 1.82) is 0 Å². The minimum Gasteiger partial charge on any atom is -0.341 e. The van der Waals surface area contributed by atoms with Crippen molar-refractivity contribution in [2.75, 3.05) is 7.05 Å². The Morgan fingerprint density at radius 1 is 1.53 bits per heavy atom. The van der Waals surface area contributed by atoms with Crippen molar-refractivity contribution >= 4 is 6.03 Å². The van der Waals surface area contributed by atoms with Gasteiger partial charge in [0.25, 0.3) is 0 Å². The zero-order valence-corrected chi connectivity index (χ0v) is 9.64. The third-order valence-corrected chi connectivity index (χ3v) is 2.07. The summed E-state index contributed by atoms with van der Waals surface area (Å²) in [5, 5.41) is 12.3. The predicted octanol–water partition coefficient (Wildman–Crippen LogP) is 1.14. The molecule has 0 unspecified atom stereocenters. The molecule has 0 fully saturated rings. The van der Waals surface area contributed by atoms with Crippen LogP contribution in [-0.2, 0) is 12.0 Å². The number of aromatic nitrogens is 2. The van der Waals surface area contributed by atoms with E-state index in [1.807, 2.05) is 6.07 Å². The van der Waals surface area contributed by atoms with E-state index in [0.717, 1.165) is 11.4 Å². The number of urea groups is 1. The highest BCUT2D eigenvalue weighted by Gasteiger charge is 2.17. The maximum absolute atomic E-state index is 10.9. The van der Waals surface area contributed by atoms with Crippen LogP contribution < -0.4 is 10.6 Å². The Morgan fingerprint density at radius 3 is 2.67 bits per heavy atom. The second-order valence-corrected chi connectivity index (χ2v) is 4.46. The van der Waals surface area contributed by atoms with Gasteiger partial charge in [-0.3, -0.25) is 5.10 Å². The Labute approximate surface area is 89.6 Å². The van der Waals surface area contributed by atoms with Crippen molar-refractivity contribution in [1.82, 2.24) is 20.8 Å². The molecule has 0 aliphatic rings. The molecular formula is C10H18N4O. The van der Waals surface area contributed by atoms with Crippen LogP contribution in [0, 0.1) is 0 Å². The lowest BCUT2D eigenvalue weighted by molar-refractivity contribution is 0.242. The van der Waals surface area contributed by atoms with Crippen LogP contribution >= 0.6 is 0 Å². The van der Waals surface area contributed by atoms with Crippen LogP contribution in [0.25, 0.3) is 0 Å². The number of rotatable bonds is 2. The molecule has 2 amide bonds. The Balaban J connectivity index is 2.58. The highest BCUT2D eigenvalue weighted by Crippen LogP contribution is 2.19. The molecule has 84 valence electrons. The number of amides is 2. The van der Waals surface area contributed by atoms with Gasteiger partial charge in [0, 0.05) is 12.5 Å². The average molecular weight is 210 g/mol. The van der Waals surface area contributed by atoms with Crippen LogP contribution in [-0.4, -0.2) is 23.3 Å². The second kappa shape index (κ2) is 4.33. The minimum atomic E-state index is -0.193. The molecule has 0 aromatic carbocycles. The van der Waals surface area contributed by atoms with Gasteiger partial charge < -0.3 is 10.6 Å². The van der Waals surface area contributed by atoms with Gasteiger partial charge in [0.15, 0.2) is 0 Å². The molecule has 15 heavy (non-hydrogen) atoms. The van der Waals surface area contributed by atoms with Crippen LogP contribution in [0.4, 0.5) is 4.79 Å². The van der Waals surface area contributed by atoms with Crippen molar-refractivity contribution in [3.63, 3.8) is 0 Å². The Morgan fingerprint density at radius 2 is 2.20 bits per heavy atom. The van der Waals surface area contributed by atoms with Crippen molar-refractivity contribution < 1.29 is 4.79 Å². The lowest BCUT2D eigenvalue weighted by atomic mass is 9.92. The van der Waals surface area contributed by atoms with Crippen LogP contribution in [0.15, 0.2) is 6.07 Å². The number of nitrogens with one attached hydrogen (secondary N) is 3. The normalized spacial score (nSPS) is 11.2. The van der Waals surface area contributed by atoms with E-state index in [2.05, 4.69) is 41.6 Å². The smallest absolute Gasteiger partial charge is 0.314 e. The number of hydrogen-bond acceptors (Lipinski definition) is 2. The van der Waals surface area contributed by atoms with Gasteiger partial charge in [-0.25, -0.2) is 4.79 Å². The highest BCUT2D eigenvalue weighted by atomic mass is 16.2. The molecule has 0 radical (unpaired) electrons. The van der Waals surface area contributed by atoms with E-state index in [9.17, 15) is 4.79 Å². The van der Waals surface area contributed by atoms with Gasteiger partial charge in [0.05, 0.1) is 17.9 Å². The monoisotopic (exact) mass is 210 g/mol. The number of carbonyl (C=O) groups excluding carboxylic acids is 1. The molecule has 1 heterocycles. The highest BCUT2D eigenvalue weighted by molar-refractivity contribution is 5.73. The Bertz CT molecular complexity index is 337. The molecule has 5 heteroatoms. The fourth-order valence-corrected chi connectivity index (χ4v) is 1.10. The zero-order chi connectivity index (χ0) is 11.5. The fraction of sp³-hybridized carbons (Fsp3) is 0.600. The first-order valence-corrected chi connectivity index (χ1v) is 4.94. The largest absolute Gasteiger partial charge is 0.341 e. The maximum atomic E-state index is 10.9. The molecule has 0 saturated carbocycles. The lowest BCUT2D eigenvalue weighted by Gasteiger charge is -2.13. The van der Waals surface area contributed by atoms with Crippen molar-refractivity contribution in [3.05, 3.63) is 17.5 Å². The lowest BCUT2D eigenvalue weighted by Crippen LogP contribution is -2.32. The SMILES string of the molecule is CNC(=O)NCc1cc(C(C)(C)C)n[nH]1. The van der Waals surface area contributed by atoms with Gasteiger partial charge in [0.1, 0.15) is 0 Å². The summed E-state index contributed by atoms with van der Waals surface area (Å²) in [5.41, 5.74) is 1.93. The van der Waals surface area contributed by atoms with E-state index in [-0.39, 0.29) is 11.4 Å². The Hall–Kier alpha value is -1.52. The number of carbonyl (C=O) groups is 1. The van der Waals surface area contributed by atoms with Crippen molar-refractivity contribution in [3.8, 4) is 0 Å². The van der Waals surface area contributed by atoms with Gasteiger partial charge in [-0.2, -0.15) is 5.10 Å². The number of H-pyrrole nitrogens is 1. The molecule has 0 saturated heterocycles. The van der Waals surface area contributed by atoms with E-state index in [1.165, 1.54) is 0 Å². The van der Waals surface area contributed by atoms with Gasteiger partial charge >= 0.3 is 6.03 Å². The summed E-state index contributed by atoms with van der Waals surface area (Å²) < 4.78 is 0. The molecule has 0 atom stereocenters. The molecule has 0 aliphatic heterocycles. The summed E-state index contributed by atoms with van der Waals surface area (Å²) >= 11 is 0. The van der Waals surface area contributed by atoms with Crippen LogP contribution in [0.3, 0.4) is 0 Å². The summed E-state index contributed by atoms with van der Waals surface area (Å²) in [6, 6.07) is 1.78. The number of hydrogen-bond donors (Lipinski definition) is 3. The van der Waals surface area contributed by atoms with Gasteiger partial charge in [0.2, 0.25) is 0 Å². The predicted molar refractivity (Wildman–Crippen MR) is 58.6 cm³/mol. The first-order chi connectivity index (χ1) is 6.93. The molecule has 1 rings (SSSR count). The van der Waals surface area contributed by atoms with Crippen LogP contribution in [0.2, 0.25) is 0 Å². The van der Waals surface area contributed by atoms with E-state index in [4.69, 9.17) is 0 Å². The molecule has 5 nitrogen and oxygen atoms in total. The summed E-state index contributed by atoms with van der Waals surface area (Å²) in [6.45, 7) is 6.75. The maximum Gasteiger partial charge on any atom is 0.314 e. The van der Waals surface area contributed by atoms with Gasteiger partial charge in [-0.15, -0.1) is 0 Å². The standard InChI is InChI=1S/C10H18N4O/c1-10(2,3)8-5-7(13-14-8)6-12-9(15)11-4/h5H,6H2,1-4H3,(H,13,14)(H2,11,12,15).